The van der Waals surface area contributed by atoms with Gasteiger partial charge in [0.25, 0.3) is 0 Å². The van der Waals surface area contributed by atoms with Crippen molar-refractivity contribution < 1.29 is 19.7 Å². The lowest BCUT2D eigenvalue weighted by Crippen LogP contribution is -2.45. The summed E-state index contributed by atoms with van der Waals surface area (Å²) in [6, 6.07) is 0. The van der Waals surface area contributed by atoms with Crippen LogP contribution >= 0.6 is 0 Å². The minimum Gasteiger partial charge on any atom is -0.481 e. The molecule has 17 heavy (non-hydrogen) atoms. The topological polar surface area (TPSA) is 70.0 Å². The zero-order valence-corrected chi connectivity index (χ0v) is 10.8. The molecule has 0 spiro atoms. The molecule has 1 aliphatic rings. The highest BCUT2D eigenvalue weighted by molar-refractivity contribution is 5.67. The Morgan fingerprint density at radius 3 is 2.35 bits per heavy atom. The summed E-state index contributed by atoms with van der Waals surface area (Å²) in [4.78, 5) is 12.4. The average molecular weight is 245 g/mol. The molecule has 1 fully saturated rings. The first-order chi connectivity index (χ1) is 7.78. The number of aliphatic hydroxyl groups is 1. The van der Waals surface area contributed by atoms with Crippen molar-refractivity contribution in [2.24, 2.45) is 5.92 Å². The molecule has 0 bridgehead atoms. The Labute approximate surface area is 102 Å². The van der Waals surface area contributed by atoms with Crippen LogP contribution in [0.3, 0.4) is 0 Å². The zero-order valence-electron chi connectivity index (χ0n) is 10.8. The van der Waals surface area contributed by atoms with Gasteiger partial charge in [-0.2, -0.15) is 0 Å². The van der Waals surface area contributed by atoms with E-state index >= 15 is 0 Å². The highest BCUT2D eigenvalue weighted by Crippen LogP contribution is 2.23. The minimum atomic E-state index is -0.888. The van der Waals surface area contributed by atoms with E-state index in [0.717, 1.165) is 12.8 Å². The number of carbonyl (C=O) groups is 1. The third kappa shape index (κ3) is 5.48. The average Bonchev–Trinajstić information content (AvgIpc) is 2.15. The molecule has 0 amide bonds. The summed E-state index contributed by atoms with van der Waals surface area (Å²) >= 11 is 0. The monoisotopic (exact) mass is 245 g/mol. The molecule has 5 nitrogen and oxygen atoms in total. The number of rotatable bonds is 4. The van der Waals surface area contributed by atoms with Gasteiger partial charge in [-0.15, -0.1) is 0 Å². The Hall–Kier alpha value is -0.650. The maximum absolute atomic E-state index is 10.6. The van der Waals surface area contributed by atoms with E-state index in [9.17, 15) is 9.90 Å². The molecule has 0 aromatic carbocycles. The van der Waals surface area contributed by atoms with Crippen molar-refractivity contribution in [3.05, 3.63) is 0 Å². The number of likely N-dealkylation sites (tertiary alicyclic amines) is 1. The Morgan fingerprint density at radius 1 is 1.41 bits per heavy atom. The van der Waals surface area contributed by atoms with Crippen molar-refractivity contribution in [2.75, 3.05) is 13.1 Å². The van der Waals surface area contributed by atoms with Crippen molar-refractivity contribution in [3.8, 4) is 0 Å². The summed E-state index contributed by atoms with van der Waals surface area (Å²) in [6.07, 6.45) is 0.943. The van der Waals surface area contributed by atoms with Crippen LogP contribution in [0, 0.1) is 5.92 Å². The molecule has 0 saturated carbocycles. The molecule has 0 aliphatic carbocycles. The van der Waals surface area contributed by atoms with Crippen molar-refractivity contribution in [3.63, 3.8) is 0 Å². The van der Waals surface area contributed by atoms with E-state index in [-0.39, 0.29) is 17.9 Å². The number of carboxylic acid groups (broad SMARTS) is 1. The minimum absolute atomic E-state index is 0.226. The first kappa shape index (κ1) is 14.4. The number of aliphatic carboxylic acids is 1. The number of carboxylic acids is 1. The van der Waals surface area contributed by atoms with Crippen molar-refractivity contribution in [2.45, 2.75) is 52.0 Å². The highest BCUT2D eigenvalue weighted by atomic mass is 16.6. The Balaban J connectivity index is 2.33. The Morgan fingerprint density at radius 2 is 1.94 bits per heavy atom. The summed E-state index contributed by atoms with van der Waals surface area (Å²) in [5.74, 6) is -0.513. The smallest absolute Gasteiger partial charge is 0.303 e. The summed E-state index contributed by atoms with van der Waals surface area (Å²) in [5, 5.41) is 18.6. The van der Waals surface area contributed by atoms with Gasteiger partial charge in [0.05, 0.1) is 5.60 Å². The molecule has 0 aromatic rings. The standard InChI is InChI=1S/C12H23NO4/c1-12(2,3)17-11(16)13-6-4-9(5-7-13)8-10(14)15/h9,11,16H,4-8H2,1-3H3,(H,14,15). The van der Waals surface area contributed by atoms with Gasteiger partial charge in [-0.1, -0.05) is 0 Å². The Kier molecular flexibility index (Phi) is 4.91. The van der Waals surface area contributed by atoms with Crippen molar-refractivity contribution in [1.29, 1.82) is 0 Å². The first-order valence-electron chi connectivity index (χ1n) is 6.09. The van der Waals surface area contributed by atoms with Gasteiger partial charge in [-0.25, -0.2) is 0 Å². The van der Waals surface area contributed by atoms with Gasteiger partial charge in [0.2, 0.25) is 6.41 Å². The normalized spacial score (nSPS) is 21.4. The third-order valence-electron chi connectivity index (χ3n) is 2.88. The van der Waals surface area contributed by atoms with Crippen LogP contribution in [0.1, 0.15) is 40.0 Å². The lowest BCUT2D eigenvalue weighted by Gasteiger charge is -2.36. The quantitative estimate of drug-likeness (QED) is 0.730. The fourth-order valence-electron chi connectivity index (χ4n) is 2.02. The Bertz CT molecular complexity index is 254. The van der Waals surface area contributed by atoms with E-state index in [1.807, 2.05) is 25.7 Å². The van der Waals surface area contributed by atoms with Gasteiger partial charge >= 0.3 is 5.97 Å². The number of ether oxygens (including phenoxy) is 1. The van der Waals surface area contributed by atoms with Crippen LogP contribution in [0.4, 0.5) is 0 Å². The second-order valence-corrected chi connectivity index (χ2v) is 5.63. The second kappa shape index (κ2) is 5.80. The molecule has 5 heteroatoms. The fourth-order valence-corrected chi connectivity index (χ4v) is 2.02. The first-order valence-corrected chi connectivity index (χ1v) is 6.09. The summed E-state index contributed by atoms with van der Waals surface area (Å²) < 4.78 is 5.46. The van der Waals surface area contributed by atoms with E-state index in [2.05, 4.69) is 0 Å². The van der Waals surface area contributed by atoms with E-state index in [0.29, 0.717) is 13.1 Å². The summed E-state index contributed by atoms with van der Waals surface area (Å²) in [5.41, 5.74) is -0.378. The molecular formula is C12H23NO4. The van der Waals surface area contributed by atoms with Gasteiger partial charge in [-0.05, 0) is 39.5 Å². The van der Waals surface area contributed by atoms with Crippen LogP contribution in [0.15, 0.2) is 0 Å². The summed E-state index contributed by atoms with van der Waals surface area (Å²) in [7, 11) is 0. The van der Waals surface area contributed by atoms with E-state index < -0.39 is 12.4 Å². The SMILES string of the molecule is CC(C)(C)OC(O)N1CCC(CC(=O)O)CC1. The molecule has 1 aliphatic heterocycles. The number of hydrogen-bond donors (Lipinski definition) is 2. The van der Waals surface area contributed by atoms with E-state index in [4.69, 9.17) is 9.84 Å². The predicted molar refractivity (Wildman–Crippen MR) is 63.4 cm³/mol. The van der Waals surface area contributed by atoms with Gasteiger partial charge < -0.3 is 14.9 Å². The zero-order chi connectivity index (χ0) is 13.1. The van der Waals surface area contributed by atoms with Crippen LogP contribution in [-0.4, -0.2) is 46.2 Å². The van der Waals surface area contributed by atoms with Gasteiger partial charge in [-0.3, -0.25) is 9.69 Å². The van der Waals surface area contributed by atoms with Crippen molar-refractivity contribution >= 4 is 5.97 Å². The molecule has 1 heterocycles. The maximum Gasteiger partial charge on any atom is 0.303 e. The second-order valence-electron chi connectivity index (χ2n) is 5.63. The lowest BCUT2D eigenvalue weighted by molar-refractivity contribution is -0.243. The van der Waals surface area contributed by atoms with Crippen LogP contribution in [0.5, 0.6) is 0 Å². The molecule has 0 aromatic heterocycles. The molecule has 2 N–H and O–H groups in total. The summed E-state index contributed by atoms with van der Waals surface area (Å²) in [6.45, 7) is 7.07. The van der Waals surface area contributed by atoms with Crippen LogP contribution in [0.2, 0.25) is 0 Å². The highest BCUT2D eigenvalue weighted by Gasteiger charge is 2.27. The number of hydrogen-bond acceptors (Lipinski definition) is 4. The van der Waals surface area contributed by atoms with Crippen LogP contribution in [0.25, 0.3) is 0 Å². The van der Waals surface area contributed by atoms with Crippen molar-refractivity contribution in [1.82, 2.24) is 4.90 Å². The van der Waals surface area contributed by atoms with Gasteiger partial charge in [0, 0.05) is 19.5 Å². The molecule has 100 valence electrons. The fraction of sp³-hybridized carbons (Fsp3) is 0.917. The molecule has 1 rings (SSSR count). The molecule has 1 saturated heterocycles. The van der Waals surface area contributed by atoms with E-state index in [1.54, 1.807) is 0 Å². The third-order valence-corrected chi connectivity index (χ3v) is 2.88. The number of piperidine rings is 1. The maximum atomic E-state index is 10.6. The van der Waals surface area contributed by atoms with Gasteiger partial charge in [0.15, 0.2) is 0 Å². The number of nitrogens with zero attached hydrogens (tertiary/aromatic N) is 1. The molecule has 0 radical (unpaired) electrons. The van der Waals surface area contributed by atoms with E-state index in [1.165, 1.54) is 0 Å². The van der Waals surface area contributed by atoms with Gasteiger partial charge in [0.1, 0.15) is 0 Å². The van der Waals surface area contributed by atoms with Crippen LogP contribution in [-0.2, 0) is 9.53 Å². The molecular weight excluding hydrogens is 222 g/mol. The number of aliphatic hydroxyl groups excluding tert-OH is 1. The lowest BCUT2D eigenvalue weighted by atomic mass is 9.94. The largest absolute Gasteiger partial charge is 0.481 e. The van der Waals surface area contributed by atoms with Crippen LogP contribution < -0.4 is 0 Å². The predicted octanol–water partition coefficient (Wildman–Crippen LogP) is 1.26. The molecule has 1 atom stereocenters. The molecule has 1 unspecified atom stereocenters.